The minimum absolute atomic E-state index is 0.0860. The van der Waals surface area contributed by atoms with E-state index in [1.54, 1.807) is 17.0 Å². The van der Waals surface area contributed by atoms with Crippen LogP contribution >= 0.6 is 0 Å². The lowest BCUT2D eigenvalue weighted by molar-refractivity contribution is -0.117. The summed E-state index contributed by atoms with van der Waals surface area (Å²) in [5.74, 6) is 0.125. The molecule has 1 aliphatic rings. The SMILES string of the molecule is O=C(NCC(c1ccccc1)c1ccccc1)c1ccc(N2CCCC2=O)cc1. The minimum atomic E-state index is -0.110. The molecule has 3 aromatic carbocycles. The van der Waals surface area contributed by atoms with Gasteiger partial charge in [0.2, 0.25) is 5.91 Å². The Labute approximate surface area is 171 Å². The van der Waals surface area contributed by atoms with Crippen LogP contribution in [0.15, 0.2) is 84.9 Å². The molecule has 2 amide bonds. The third-order valence-corrected chi connectivity index (χ3v) is 5.39. The highest BCUT2D eigenvalue weighted by molar-refractivity contribution is 5.97. The Hall–Kier alpha value is -3.40. The number of carbonyl (C=O) groups is 2. The van der Waals surface area contributed by atoms with Crippen LogP contribution in [-0.2, 0) is 4.79 Å². The molecule has 0 saturated carbocycles. The Morgan fingerprint density at radius 3 is 1.97 bits per heavy atom. The van der Waals surface area contributed by atoms with Crippen molar-refractivity contribution in [3.8, 4) is 0 Å². The fourth-order valence-corrected chi connectivity index (χ4v) is 3.81. The van der Waals surface area contributed by atoms with Gasteiger partial charge in [0, 0.05) is 36.7 Å². The number of nitrogens with zero attached hydrogens (tertiary/aromatic N) is 1. The molecule has 1 heterocycles. The molecule has 4 nitrogen and oxygen atoms in total. The summed E-state index contributed by atoms with van der Waals surface area (Å²) >= 11 is 0. The standard InChI is InChI=1S/C25H24N2O2/c28-24-12-7-17-27(24)22-15-13-21(14-16-22)25(29)26-18-23(19-8-3-1-4-9-19)20-10-5-2-6-11-20/h1-6,8-11,13-16,23H,7,12,17-18H2,(H,26,29). The first-order chi connectivity index (χ1) is 14.2. The highest BCUT2D eigenvalue weighted by atomic mass is 16.2. The average Bonchev–Trinajstić information content (AvgIpc) is 3.21. The summed E-state index contributed by atoms with van der Waals surface area (Å²) in [6.45, 7) is 1.26. The Kier molecular flexibility index (Phi) is 5.71. The van der Waals surface area contributed by atoms with Crippen LogP contribution in [0.5, 0.6) is 0 Å². The van der Waals surface area contributed by atoms with Crippen LogP contribution in [0, 0.1) is 0 Å². The number of anilines is 1. The van der Waals surface area contributed by atoms with E-state index >= 15 is 0 Å². The van der Waals surface area contributed by atoms with Gasteiger partial charge in [-0.25, -0.2) is 0 Å². The van der Waals surface area contributed by atoms with Crippen molar-refractivity contribution in [2.24, 2.45) is 0 Å². The molecule has 0 atom stereocenters. The van der Waals surface area contributed by atoms with Crippen LogP contribution in [-0.4, -0.2) is 24.9 Å². The quantitative estimate of drug-likeness (QED) is 0.686. The molecule has 1 saturated heterocycles. The van der Waals surface area contributed by atoms with E-state index < -0.39 is 0 Å². The third-order valence-electron chi connectivity index (χ3n) is 5.39. The highest BCUT2D eigenvalue weighted by Gasteiger charge is 2.22. The van der Waals surface area contributed by atoms with Crippen molar-refractivity contribution in [2.75, 3.05) is 18.0 Å². The first kappa shape index (κ1) is 18.9. The van der Waals surface area contributed by atoms with E-state index in [2.05, 4.69) is 29.6 Å². The van der Waals surface area contributed by atoms with Crippen LogP contribution in [0.2, 0.25) is 0 Å². The number of benzene rings is 3. The highest BCUT2D eigenvalue weighted by Crippen LogP contribution is 2.24. The zero-order valence-corrected chi connectivity index (χ0v) is 16.3. The number of rotatable bonds is 6. The van der Waals surface area contributed by atoms with Crippen LogP contribution < -0.4 is 10.2 Å². The molecule has 0 aromatic heterocycles. The van der Waals surface area contributed by atoms with Gasteiger partial charge in [-0.15, -0.1) is 0 Å². The van der Waals surface area contributed by atoms with E-state index in [-0.39, 0.29) is 17.7 Å². The summed E-state index contributed by atoms with van der Waals surface area (Å²) < 4.78 is 0. The van der Waals surface area contributed by atoms with E-state index in [1.165, 1.54) is 11.1 Å². The molecule has 0 radical (unpaired) electrons. The zero-order valence-electron chi connectivity index (χ0n) is 16.3. The van der Waals surface area contributed by atoms with E-state index in [4.69, 9.17) is 0 Å². The average molecular weight is 384 g/mol. The van der Waals surface area contributed by atoms with Gasteiger partial charge in [-0.3, -0.25) is 9.59 Å². The lowest BCUT2D eigenvalue weighted by Gasteiger charge is -2.19. The third kappa shape index (κ3) is 4.37. The molecule has 0 unspecified atom stereocenters. The smallest absolute Gasteiger partial charge is 0.251 e. The Morgan fingerprint density at radius 2 is 1.45 bits per heavy atom. The second-order valence-electron chi connectivity index (χ2n) is 7.28. The van der Waals surface area contributed by atoms with Crippen molar-refractivity contribution in [1.29, 1.82) is 0 Å². The summed E-state index contributed by atoms with van der Waals surface area (Å²) in [6, 6.07) is 27.7. The van der Waals surface area contributed by atoms with Gasteiger partial charge in [0.15, 0.2) is 0 Å². The molecule has 1 fully saturated rings. The predicted molar refractivity (Wildman–Crippen MR) is 115 cm³/mol. The van der Waals surface area contributed by atoms with Crippen molar-refractivity contribution < 1.29 is 9.59 Å². The predicted octanol–water partition coefficient (Wildman–Crippen LogP) is 4.38. The Balaban J connectivity index is 1.46. The van der Waals surface area contributed by atoms with Gasteiger partial charge in [-0.1, -0.05) is 60.7 Å². The molecule has 0 spiro atoms. The van der Waals surface area contributed by atoms with Gasteiger partial charge in [0.25, 0.3) is 5.91 Å². The second-order valence-corrected chi connectivity index (χ2v) is 7.28. The summed E-state index contributed by atoms with van der Waals surface area (Å²) in [6.07, 6.45) is 1.49. The maximum Gasteiger partial charge on any atom is 0.251 e. The van der Waals surface area contributed by atoms with Gasteiger partial charge in [0.1, 0.15) is 0 Å². The van der Waals surface area contributed by atoms with Crippen molar-refractivity contribution in [1.82, 2.24) is 5.32 Å². The maximum atomic E-state index is 12.7. The van der Waals surface area contributed by atoms with Gasteiger partial charge >= 0.3 is 0 Å². The fraction of sp³-hybridized carbons (Fsp3) is 0.200. The van der Waals surface area contributed by atoms with Crippen LogP contribution in [0.3, 0.4) is 0 Å². The summed E-state index contributed by atoms with van der Waals surface area (Å²) in [4.78, 5) is 26.4. The van der Waals surface area contributed by atoms with E-state index in [0.29, 0.717) is 18.5 Å². The molecule has 1 N–H and O–H groups in total. The molecule has 4 rings (SSSR count). The summed E-state index contributed by atoms with van der Waals surface area (Å²) in [5, 5.41) is 3.07. The summed E-state index contributed by atoms with van der Waals surface area (Å²) in [5.41, 5.74) is 3.79. The van der Waals surface area contributed by atoms with Gasteiger partial charge in [0.05, 0.1) is 0 Å². The molecular weight excluding hydrogens is 360 g/mol. The van der Waals surface area contributed by atoms with Crippen molar-refractivity contribution in [3.63, 3.8) is 0 Å². The number of amides is 2. The molecule has 146 valence electrons. The molecule has 1 aliphatic heterocycles. The van der Waals surface area contributed by atoms with Crippen molar-refractivity contribution in [2.45, 2.75) is 18.8 Å². The molecular formula is C25H24N2O2. The van der Waals surface area contributed by atoms with Crippen LogP contribution in [0.1, 0.15) is 40.2 Å². The maximum absolute atomic E-state index is 12.7. The molecule has 3 aromatic rings. The molecule has 0 aliphatic carbocycles. The van der Waals surface area contributed by atoms with Gasteiger partial charge in [-0.05, 0) is 41.8 Å². The van der Waals surface area contributed by atoms with E-state index in [1.807, 2.05) is 48.5 Å². The lowest BCUT2D eigenvalue weighted by atomic mass is 9.91. The second kappa shape index (κ2) is 8.74. The summed E-state index contributed by atoms with van der Waals surface area (Å²) in [7, 11) is 0. The normalized spacial score (nSPS) is 13.7. The van der Waals surface area contributed by atoms with E-state index in [0.717, 1.165) is 18.7 Å². The zero-order chi connectivity index (χ0) is 20.1. The van der Waals surface area contributed by atoms with Crippen molar-refractivity contribution in [3.05, 3.63) is 102 Å². The molecule has 29 heavy (non-hydrogen) atoms. The molecule has 4 heteroatoms. The number of hydrogen-bond donors (Lipinski definition) is 1. The lowest BCUT2D eigenvalue weighted by Crippen LogP contribution is -2.29. The first-order valence-corrected chi connectivity index (χ1v) is 10.0. The van der Waals surface area contributed by atoms with Gasteiger partial charge in [-0.2, -0.15) is 0 Å². The first-order valence-electron chi connectivity index (χ1n) is 10.0. The van der Waals surface area contributed by atoms with Gasteiger partial charge < -0.3 is 10.2 Å². The minimum Gasteiger partial charge on any atom is -0.351 e. The number of nitrogens with one attached hydrogen (secondary N) is 1. The largest absolute Gasteiger partial charge is 0.351 e. The fourth-order valence-electron chi connectivity index (χ4n) is 3.81. The number of hydrogen-bond acceptors (Lipinski definition) is 2. The Bertz CT molecular complexity index is 929. The topological polar surface area (TPSA) is 49.4 Å². The molecule has 0 bridgehead atoms. The van der Waals surface area contributed by atoms with Crippen LogP contribution in [0.25, 0.3) is 0 Å². The van der Waals surface area contributed by atoms with Crippen LogP contribution in [0.4, 0.5) is 5.69 Å². The Morgan fingerprint density at radius 1 is 0.862 bits per heavy atom. The van der Waals surface area contributed by atoms with Crippen molar-refractivity contribution >= 4 is 17.5 Å². The van der Waals surface area contributed by atoms with E-state index in [9.17, 15) is 9.59 Å². The monoisotopic (exact) mass is 384 g/mol. The number of carbonyl (C=O) groups excluding carboxylic acids is 2.